The Morgan fingerprint density at radius 1 is 0.356 bits per heavy atom. The Morgan fingerprint density at radius 3 is 1.08 bits per heavy atom. The third kappa shape index (κ3) is 45.8. The van der Waals surface area contributed by atoms with Gasteiger partial charge in [0.05, 0.1) is 0 Å². The highest BCUT2D eigenvalue weighted by atomic mass is 16.6. The molecule has 1 unspecified atom stereocenters. The number of rotatable bonds is 43. The molecule has 0 heterocycles. The summed E-state index contributed by atoms with van der Waals surface area (Å²) in [6.45, 7) is 6.41. The van der Waals surface area contributed by atoms with E-state index < -0.39 is 6.10 Å². The maximum atomic E-state index is 12.7. The van der Waals surface area contributed by atoms with Crippen molar-refractivity contribution in [3.8, 4) is 0 Å². The first-order valence-electron chi connectivity index (χ1n) is 24.4. The molecule has 0 aliphatic heterocycles. The molecule has 0 bridgehead atoms. The summed E-state index contributed by atoms with van der Waals surface area (Å²) in [5, 5.41) is 0. The second kappa shape index (κ2) is 47.5. The number of unbranched alkanes of at least 4 members (excludes halogenated alkanes) is 20. The van der Waals surface area contributed by atoms with Gasteiger partial charge in [-0.25, -0.2) is 0 Å². The zero-order valence-electron chi connectivity index (χ0n) is 38.5. The van der Waals surface area contributed by atoms with E-state index in [-0.39, 0.29) is 44.0 Å². The topological polar surface area (TPSA) is 78.9 Å². The predicted octanol–water partition coefficient (Wildman–Crippen LogP) is 15.9. The number of ether oxygens (including phenoxy) is 3. The van der Waals surface area contributed by atoms with Crippen LogP contribution in [0.5, 0.6) is 0 Å². The van der Waals surface area contributed by atoms with E-state index in [1.165, 1.54) is 109 Å². The maximum Gasteiger partial charge on any atom is 0.306 e. The molecule has 338 valence electrons. The lowest BCUT2D eigenvalue weighted by molar-refractivity contribution is -0.167. The number of carbonyl (C=O) groups is 3. The van der Waals surface area contributed by atoms with Gasteiger partial charge in [-0.2, -0.15) is 0 Å². The third-order valence-corrected chi connectivity index (χ3v) is 10.2. The second-order valence-corrected chi connectivity index (χ2v) is 16.0. The molecule has 0 aliphatic carbocycles. The highest BCUT2D eigenvalue weighted by molar-refractivity contribution is 5.71. The van der Waals surface area contributed by atoms with Gasteiger partial charge in [-0.1, -0.05) is 203 Å². The summed E-state index contributed by atoms with van der Waals surface area (Å²) < 4.78 is 16.6. The Labute approximate surface area is 363 Å². The van der Waals surface area contributed by atoms with Crippen LogP contribution in [-0.4, -0.2) is 37.2 Å². The van der Waals surface area contributed by atoms with Crippen LogP contribution < -0.4 is 0 Å². The van der Waals surface area contributed by atoms with Crippen molar-refractivity contribution in [2.45, 2.75) is 232 Å². The van der Waals surface area contributed by atoms with Crippen LogP contribution in [0.15, 0.2) is 72.9 Å². The molecular weight excluding hydrogens is 733 g/mol. The monoisotopic (exact) mass is 823 g/mol. The molecule has 59 heavy (non-hydrogen) atoms. The lowest BCUT2D eigenvalue weighted by atomic mass is 10.0. The molecule has 0 radical (unpaired) electrons. The molecule has 0 aliphatic rings. The van der Waals surface area contributed by atoms with Gasteiger partial charge in [-0.05, 0) is 77.0 Å². The van der Waals surface area contributed by atoms with Crippen LogP contribution in [0.4, 0.5) is 0 Å². The van der Waals surface area contributed by atoms with Gasteiger partial charge < -0.3 is 14.2 Å². The van der Waals surface area contributed by atoms with Crippen molar-refractivity contribution in [3.05, 3.63) is 72.9 Å². The van der Waals surface area contributed by atoms with Crippen molar-refractivity contribution in [1.29, 1.82) is 0 Å². The average Bonchev–Trinajstić information content (AvgIpc) is 3.23. The normalized spacial score (nSPS) is 12.7. The molecule has 0 saturated heterocycles. The van der Waals surface area contributed by atoms with E-state index in [1.54, 1.807) is 0 Å². The summed E-state index contributed by atoms with van der Waals surface area (Å²) in [5.41, 5.74) is 0. The quantitative estimate of drug-likeness (QED) is 0.0264. The predicted molar refractivity (Wildman–Crippen MR) is 251 cm³/mol. The molecule has 6 heteroatoms. The van der Waals surface area contributed by atoms with E-state index >= 15 is 0 Å². The highest BCUT2D eigenvalue weighted by Gasteiger charge is 2.19. The van der Waals surface area contributed by atoms with E-state index in [0.29, 0.717) is 19.3 Å². The van der Waals surface area contributed by atoms with Gasteiger partial charge in [0.25, 0.3) is 0 Å². The molecule has 0 fully saturated rings. The molecule has 0 aromatic carbocycles. The fraction of sp³-hybridized carbons (Fsp3) is 0.717. The van der Waals surface area contributed by atoms with E-state index in [4.69, 9.17) is 14.2 Å². The molecule has 1 atom stereocenters. The van der Waals surface area contributed by atoms with E-state index in [0.717, 1.165) is 64.2 Å². The van der Waals surface area contributed by atoms with E-state index in [1.807, 2.05) is 0 Å². The summed E-state index contributed by atoms with van der Waals surface area (Å²) in [6.07, 6.45) is 59.0. The minimum atomic E-state index is -0.812. The lowest BCUT2D eigenvalue weighted by Crippen LogP contribution is -2.30. The lowest BCUT2D eigenvalue weighted by Gasteiger charge is -2.18. The van der Waals surface area contributed by atoms with Gasteiger partial charge in [0, 0.05) is 19.3 Å². The number of esters is 3. The number of hydrogen-bond acceptors (Lipinski definition) is 6. The first-order chi connectivity index (χ1) is 29.0. The number of allylic oxidation sites excluding steroid dienone is 12. The van der Waals surface area contributed by atoms with Crippen molar-refractivity contribution >= 4 is 17.9 Å². The Kier molecular flexibility index (Phi) is 45.0. The number of carbonyl (C=O) groups excluding carboxylic acids is 3. The number of hydrogen-bond donors (Lipinski definition) is 0. The zero-order valence-corrected chi connectivity index (χ0v) is 38.5. The van der Waals surface area contributed by atoms with Gasteiger partial charge in [-0.3, -0.25) is 14.4 Å². The zero-order chi connectivity index (χ0) is 43.0. The summed E-state index contributed by atoms with van der Waals surface area (Å²) >= 11 is 0. The van der Waals surface area contributed by atoms with Crippen LogP contribution in [0, 0.1) is 0 Å². The summed E-state index contributed by atoms with van der Waals surface area (Å²) in [5.74, 6) is -1.02. The van der Waals surface area contributed by atoms with Crippen molar-refractivity contribution in [2.24, 2.45) is 0 Å². The Balaban J connectivity index is 4.49. The van der Waals surface area contributed by atoms with E-state index in [9.17, 15) is 14.4 Å². The molecule has 0 aromatic heterocycles. The fourth-order valence-corrected chi connectivity index (χ4v) is 6.54. The molecule has 0 N–H and O–H groups in total. The Morgan fingerprint density at radius 2 is 0.678 bits per heavy atom. The summed E-state index contributed by atoms with van der Waals surface area (Å²) in [4.78, 5) is 37.8. The Bertz CT molecular complexity index is 1130. The van der Waals surface area contributed by atoms with Gasteiger partial charge in [0.2, 0.25) is 0 Å². The van der Waals surface area contributed by atoms with Crippen LogP contribution >= 0.6 is 0 Å². The van der Waals surface area contributed by atoms with Crippen molar-refractivity contribution in [3.63, 3.8) is 0 Å². The van der Waals surface area contributed by atoms with Crippen LogP contribution in [0.2, 0.25) is 0 Å². The molecule has 6 nitrogen and oxygen atoms in total. The van der Waals surface area contributed by atoms with Crippen LogP contribution in [0.1, 0.15) is 226 Å². The molecule has 0 saturated carbocycles. The molecule has 0 spiro atoms. The largest absolute Gasteiger partial charge is 0.462 e. The molecule has 0 aromatic rings. The minimum absolute atomic E-state index is 0.116. The average molecular weight is 823 g/mol. The van der Waals surface area contributed by atoms with Crippen molar-refractivity contribution in [2.75, 3.05) is 13.2 Å². The molecular formula is C53H90O6. The van der Waals surface area contributed by atoms with Crippen LogP contribution in [0.3, 0.4) is 0 Å². The smallest absolute Gasteiger partial charge is 0.306 e. The second-order valence-electron chi connectivity index (χ2n) is 16.0. The van der Waals surface area contributed by atoms with E-state index in [2.05, 4.69) is 93.7 Å². The van der Waals surface area contributed by atoms with Crippen molar-refractivity contribution in [1.82, 2.24) is 0 Å². The standard InChI is InChI=1S/C53H90O6/c1-4-7-10-13-16-19-22-24-25-26-27-29-31-34-37-40-43-46-52(55)58-49-50(48-57-51(54)45-42-39-36-33-30-21-18-15-12-9-6-3)59-53(56)47-44-41-38-35-32-28-23-20-17-14-11-8-5-2/h9,12,18,21,24-25,27,29,33-34,36-37,50H,4-8,10-11,13-17,19-20,22-23,26,28,30-32,35,38-49H2,1-3H3/b12-9-,21-18-,25-24-,29-27-,36-33-,37-34-. The SMILES string of the molecule is CC/C=C\C/C=C\C/C=C\CCCC(=O)OCC(COC(=O)CCC/C=C\C/C=C\C/C=C\CCCCCCCC)OC(=O)CCCCCCCCCCCCCCC. The van der Waals surface area contributed by atoms with Crippen LogP contribution in [-0.2, 0) is 28.6 Å². The first kappa shape index (κ1) is 55.9. The van der Waals surface area contributed by atoms with Crippen molar-refractivity contribution < 1.29 is 28.6 Å². The van der Waals surface area contributed by atoms with Gasteiger partial charge >= 0.3 is 17.9 Å². The highest BCUT2D eigenvalue weighted by Crippen LogP contribution is 2.14. The van der Waals surface area contributed by atoms with Gasteiger partial charge in [-0.15, -0.1) is 0 Å². The summed E-state index contributed by atoms with van der Waals surface area (Å²) in [7, 11) is 0. The molecule has 0 rings (SSSR count). The van der Waals surface area contributed by atoms with Gasteiger partial charge in [0.15, 0.2) is 6.10 Å². The maximum absolute atomic E-state index is 12.7. The Hall–Kier alpha value is -3.15. The summed E-state index contributed by atoms with van der Waals surface area (Å²) in [6, 6.07) is 0. The third-order valence-electron chi connectivity index (χ3n) is 10.2. The fourth-order valence-electron chi connectivity index (χ4n) is 6.54. The minimum Gasteiger partial charge on any atom is -0.462 e. The van der Waals surface area contributed by atoms with Crippen LogP contribution in [0.25, 0.3) is 0 Å². The van der Waals surface area contributed by atoms with Gasteiger partial charge in [0.1, 0.15) is 13.2 Å². The first-order valence-corrected chi connectivity index (χ1v) is 24.4. The molecule has 0 amide bonds.